The van der Waals surface area contributed by atoms with Gasteiger partial charge in [0.2, 0.25) is 0 Å². The Balaban J connectivity index is 1.08. The summed E-state index contributed by atoms with van der Waals surface area (Å²) in [6.45, 7) is 6.43. The van der Waals surface area contributed by atoms with Crippen LogP contribution < -0.4 is 19.1 Å². The van der Waals surface area contributed by atoms with E-state index < -0.39 is 0 Å². The lowest BCUT2D eigenvalue weighted by Crippen LogP contribution is -2.45. The van der Waals surface area contributed by atoms with Crippen LogP contribution in [0.25, 0.3) is 16.8 Å². The van der Waals surface area contributed by atoms with Crippen LogP contribution in [0.2, 0.25) is 0 Å². The molecule has 0 spiro atoms. The van der Waals surface area contributed by atoms with Crippen molar-refractivity contribution in [3.8, 4) is 28.5 Å². The second-order valence-electron chi connectivity index (χ2n) is 14.6. The molecular formula is C44H51FN4O3. The quantitative estimate of drug-likeness (QED) is 0.146. The van der Waals surface area contributed by atoms with Gasteiger partial charge in [-0.15, -0.1) is 0 Å². The molecule has 0 bridgehead atoms. The van der Waals surface area contributed by atoms with Crippen LogP contribution in [0, 0.1) is 12.7 Å². The Bertz CT molecular complexity index is 1930. The number of hydrogen-bond acceptors (Lipinski definition) is 7. The van der Waals surface area contributed by atoms with Gasteiger partial charge in [-0.2, -0.15) is 0 Å². The van der Waals surface area contributed by atoms with Crippen molar-refractivity contribution in [2.24, 2.45) is 0 Å². The molecule has 1 saturated heterocycles. The average Bonchev–Trinajstić information content (AvgIpc) is 3.14. The molecule has 8 heteroatoms. The third-order valence-electron chi connectivity index (χ3n) is 11.0. The maximum Gasteiger partial charge on any atom is 0.164 e. The van der Waals surface area contributed by atoms with E-state index in [1.165, 1.54) is 47.1 Å². The van der Waals surface area contributed by atoms with E-state index >= 15 is 0 Å². The summed E-state index contributed by atoms with van der Waals surface area (Å²) in [6, 6.07) is 22.4. The number of rotatable bonds is 12. The Morgan fingerprint density at radius 2 is 1.60 bits per heavy atom. The van der Waals surface area contributed by atoms with E-state index in [1.54, 1.807) is 33.5 Å². The lowest BCUT2D eigenvalue weighted by atomic mass is 9.78. The molecule has 0 N–H and O–H groups in total. The Labute approximate surface area is 308 Å². The van der Waals surface area contributed by atoms with E-state index in [0.29, 0.717) is 12.0 Å². The number of hydrogen-bond donors (Lipinski definition) is 0. The van der Waals surface area contributed by atoms with E-state index in [1.807, 2.05) is 18.3 Å². The number of nitrogens with zero attached hydrogens (tertiary/aromatic N) is 4. The van der Waals surface area contributed by atoms with Gasteiger partial charge in [0.25, 0.3) is 0 Å². The molecule has 3 aromatic carbocycles. The summed E-state index contributed by atoms with van der Waals surface area (Å²) in [4.78, 5) is 12.0. The molecule has 4 aromatic rings. The number of pyridine rings is 1. The van der Waals surface area contributed by atoms with Gasteiger partial charge in [0, 0.05) is 75.0 Å². The summed E-state index contributed by atoms with van der Waals surface area (Å²) >= 11 is 0. The van der Waals surface area contributed by atoms with Crippen molar-refractivity contribution in [2.45, 2.75) is 57.5 Å². The third-order valence-corrected chi connectivity index (χ3v) is 11.0. The lowest BCUT2D eigenvalue weighted by molar-refractivity contribution is 0.202. The first-order valence-corrected chi connectivity index (χ1v) is 18.5. The van der Waals surface area contributed by atoms with Gasteiger partial charge in [-0.05, 0) is 121 Å². The van der Waals surface area contributed by atoms with E-state index in [-0.39, 0.29) is 5.82 Å². The molecule has 2 aliphatic heterocycles. The lowest BCUT2D eigenvalue weighted by Gasteiger charge is -2.40. The highest BCUT2D eigenvalue weighted by Gasteiger charge is 2.29. The fraction of sp³-hybridized carbons (Fsp3) is 0.386. The summed E-state index contributed by atoms with van der Waals surface area (Å²) < 4.78 is 31.4. The van der Waals surface area contributed by atoms with Gasteiger partial charge in [-0.3, -0.25) is 9.88 Å². The van der Waals surface area contributed by atoms with E-state index in [0.717, 1.165) is 85.3 Å². The minimum atomic E-state index is -0.214. The highest BCUT2D eigenvalue weighted by Crippen LogP contribution is 2.46. The van der Waals surface area contributed by atoms with Crippen LogP contribution in [-0.2, 0) is 6.54 Å². The molecule has 3 heterocycles. The summed E-state index contributed by atoms with van der Waals surface area (Å²) in [5.41, 5.74) is 10.3. The molecule has 0 unspecified atom stereocenters. The van der Waals surface area contributed by atoms with Gasteiger partial charge in [-0.25, -0.2) is 4.39 Å². The van der Waals surface area contributed by atoms with Crippen molar-refractivity contribution in [2.75, 3.05) is 59.5 Å². The molecular weight excluding hydrogens is 652 g/mol. The zero-order valence-electron chi connectivity index (χ0n) is 31.2. The van der Waals surface area contributed by atoms with Crippen molar-refractivity contribution in [3.63, 3.8) is 0 Å². The molecule has 0 atom stereocenters. The number of methoxy groups -OCH3 is 3. The molecule has 0 radical (unpaired) electrons. The van der Waals surface area contributed by atoms with Crippen LogP contribution in [0.3, 0.4) is 0 Å². The number of aromatic nitrogens is 1. The van der Waals surface area contributed by atoms with Crippen LogP contribution in [0.1, 0.15) is 60.3 Å². The standard InChI is InChI=1S/C44H51FN4O3/c1-30-9-10-34(24-42(30)50-3)41-22-31(15-18-46-41)27-48-19-16-39(17-20-48)49(38-13-11-37(45)12-14-38)28-32-21-36(29-47(2)26-32)35-23-40(33-7-6-8-33)44(52-5)43(25-35)51-4/h9-15,18,21-26,33,39H,6-8,16-17,19-20,27-29H2,1-5H3. The number of piperidine rings is 1. The fourth-order valence-electron chi connectivity index (χ4n) is 7.98. The molecule has 52 heavy (non-hydrogen) atoms. The van der Waals surface area contributed by atoms with Gasteiger partial charge < -0.3 is 24.0 Å². The second kappa shape index (κ2) is 15.8. The molecule has 7 rings (SSSR count). The molecule has 2 fully saturated rings. The van der Waals surface area contributed by atoms with Crippen molar-refractivity contribution in [1.29, 1.82) is 0 Å². The minimum absolute atomic E-state index is 0.214. The molecule has 1 saturated carbocycles. The Hall–Kier alpha value is -4.82. The van der Waals surface area contributed by atoms with Crippen LogP contribution in [-0.4, -0.2) is 75.4 Å². The summed E-state index contributed by atoms with van der Waals surface area (Å²) in [5, 5.41) is 0. The Kier molecular flexibility index (Phi) is 10.8. The van der Waals surface area contributed by atoms with Gasteiger partial charge in [0.15, 0.2) is 11.5 Å². The largest absolute Gasteiger partial charge is 0.496 e. The minimum Gasteiger partial charge on any atom is -0.496 e. The molecule has 7 nitrogen and oxygen atoms in total. The predicted molar refractivity (Wildman–Crippen MR) is 208 cm³/mol. The fourth-order valence-corrected chi connectivity index (χ4v) is 7.98. The number of ether oxygens (including phenoxy) is 3. The van der Waals surface area contributed by atoms with Crippen molar-refractivity contribution in [3.05, 3.63) is 119 Å². The number of likely N-dealkylation sites (tertiary alicyclic amines) is 1. The number of anilines is 1. The summed E-state index contributed by atoms with van der Waals surface area (Å²) in [5.74, 6) is 2.83. The summed E-state index contributed by atoms with van der Waals surface area (Å²) in [7, 11) is 7.31. The van der Waals surface area contributed by atoms with Gasteiger partial charge in [-0.1, -0.05) is 24.6 Å². The van der Waals surface area contributed by atoms with E-state index in [4.69, 9.17) is 14.2 Å². The normalized spacial score (nSPS) is 16.9. The monoisotopic (exact) mass is 702 g/mol. The maximum atomic E-state index is 14.1. The first-order valence-electron chi connectivity index (χ1n) is 18.5. The summed E-state index contributed by atoms with van der Waals surface area (Å²) in [6.07, 6.45) is 12.2. The topological polar surface area (TPSA) is 50.3 Å². The van der Waals surface area contributed by atoms with Crippen LogP contribution >= 0.6 is 0 Å². The highest BCUT2D eigenvalue weighted by atomic mass is 19.1. The van der Waals surface area contributed by atoms with Crippen LogP contribution in [0.15, 0.2) is 90.8 Å². The van der Waals surface area contributed by atoms with Gasteiger partial charge in [0.05, 0.1) is 27.0 Å². The maximum absolute atomic E-state index is 14.1. The van der Waals surface area contributed by atoms with Crippen LogP contribution in [0.5, 0.6) is 17.2 Å². The second-order valence-corrected chi connectivity index (χ2v) is 14.6. The Morgan fingerprint density at radius 1 is 0.846 bits per heavy atom. The molecule has 1 aliphatic carbocycles. The number of aryl methyl sites for hydroxylation is 1. The van der Waals surface area contributed by atoms with Gasteiger partial charge in [0.1, 0.15) is 11.6 Å². The van der Waals surface area contributed by atoms with Crippen LogP contribution in [0.4, 0.5) is 10.1 Å². The molecule has 1 aromatic heterocycles. The average molecular weight is 703 g/mol. The Morgan fingerprint density at radius 3 is 2.29 bits per heavy atom. The molecule has 3 aliphatic rings. The zero-order chi connectivity index (χ0) is 36.2. The predicted octanol–water partition coefficient (Wildman–Crippen LogP) is 8.87. The number of benzene rings is 3. The third kappa shape index (κ3) is 7.82. The first kappa shape index (κ1) is 35.6. The smallest absolute Gasteiger partial charge is 0.164 e. The van der Waals surface area contributed by atoms with Crippen molar-refractivity contribution in [1.82, 2.24) is 14.8 Å². The zero-order valence-corrected chi connectivity index (χ0v) is 31.2. The molecule has 272 valence electrons. The van der Waals surface area contributed by atoms with E-state index in [9.17, 15) is 4.39 Å². The first-order chi connectivity index (χ1) is 25.3. The highest BCUT2D eigenvalue weighted by molar-refractivity contribution is 5.74. The van der Waals surface area contributed by atoms with Gasteiger partial charge >= 0.3 is 0 Å². The SMILES string of the molecule is COc1cc(-c2cc(CN3CCC(N(CC4=CN(C)CC(c5cc(OC)c(OC)c(C6CCC6)c5)=C4)c4ccc(F)cc4)CC3)ccn2)ccc1C. The molecule has 0 amide bonds. The van der Waals surface area contributed by atoms with Crippen molar-refractivity contribution < 1.29 is 18.6 Å². The van der Waals surface area contributed by atoms with E-state index in [2.05, 4.69) is 88.4 Å². The number of likely N-dealkylation sites (N-methyl/N-ethyl adjacent to an activating group) is 1. The number of halogens is 1. The van der Waals surface area contributed by atoms with Crippen molar-refractivity contribution >= 4 is 11.3 Å².